The number of nitrogens with one attached hydrogen (secondary N) is 1. The first-order valence-corrected chi connectivity index (χ1v) is 8.06. The van der Waals surface area contributed by atoms with Gasteiger partial charge >= 0.3 is 0 Å². The molecule has 2 aromatic rings. The van der Waals surface area contributed by atoms with Crippen molar-refractivity contribution in [1.82, 2.24) is 10.3 Å². The van der Waals surface area contributed by atoms with Crippen LogP contribution in [0.4, 0.5) is 0 Å². The van der Waals surface area contributed by atoms with Gasteiger partial charge in [0, 0.05) is 10.8 Å². The number of hydrogen-bond donors (Lipinski definition) is 1. The van der Waals surface area contributed by atoms with Crippen LogP contribution in [-0.2, 0) is 0 Å². The van der Waals surface area contributed by atoms with Crippen LogP contribution >= 0.6 is 23.1 Å². The van der Waals surface area contributed by atoms with Crippen LogP contribution in [0, 0.1) is 0 Å². The summed E-state index contributed by atoms with van der Waals surface area (Å²) in [5, 5.41) is 4.74. The van der Waals surface area contributed by atoms with Crippen molar-refractivity contribution in [2.75, 3.05) is 19.3 Å². The zero-order chi connectivity index (χ0) is 11.7. The molecule has 2 nitrogen and oxygen atoms in total. The van der Waals surface area contributed by atoms with Crippen molar-refractivity contribution < 1.29 is 0 Å². The van der Waals surface area contributed by atoms with Crippen molar-refractivity contribution in [2.24, 2.45) is 0 Å². The summed E-state index contributed by atoms with van der Waals surface area (Å²) in [6.07, 6.45) is 4.58. The number of thiazole rings is 1. The first kappa shape index (κ1) is 11.5. The van der Waals surface area contributed by atoms with Gasteiger partial charge in [-0.15, -0.1) is 23.1 Å². The maximum atomic E-state index is 4.79. The molecule has 1 N–H and O–H groups in total. The van der Waals surface area contributed by atoms with Crippen LogP contribution in [0.15, 0.2) is 23.1 Å². The van der Waals surface area contributed by atoms with Crippen LogP contribution < -0.4 is 5.32 Å². The van der Waals surface area contributed by atoms with E-state index in [0.29, 0.717) is 5.92 Å². The highest BCUT2D eigenvalue weighted by Gasteiger charge is 2.18. The minimum Gasteiger partial charge on any atom is -0.317 e. The van der Waals surface area contributed by atoms with E-state index in [-0.39, 0.29) is 0 Å². The van der Waals surface area contributed by atoms with Gasteiger partial charge in [-0.3, -0.25) is 0 Å². The fourth-order valence-electron chi connectivity index (χ4n) is 2.29. The molecule has 0 spiro atoms. The monoisotopic (exact) mass is 264 g/mol. The van der Waals surface area contributed by atoms with Crippen LogP contribution in [0.2, 0.25) is 0 Å². The van der Waals surface area contributed by atoms with E-state index in [9.17, 15) is 0 Å². The summed E-state index contributed by atoms with van der Waals surface area (Å²) >= 11 is 3.68. The molecule has 1 aromatic carbocycles. The lowest BCUT2D eigenvalue weighted by Gasteiger charge is -2.20. The second-order valence-electron chi connectivity index (χ2n) is 4.41. The lowest BCUT2D eigenvalue weighted by atomic mass is 9.99. The zero-order valence-corrected chi connectivity index (χ0v) is 11.5. The number of thioether (sulfide) groups is 1. The van der Waals surface area contributed by atoms with Gasteiger partial charge in [-0.05, 0) is 50.4 Å². The summed E-state index contributed by atoms with van der Waals surface area (Å²) in [5.74, 6) is 0.673. The van der Waals surface area contributed by atoms with Crippen molar-refractivity contribution in [3.8, 4) is 0 Å². The number of benzene rings is 1. The molecule has 0 saturated carbocycles. The SMILES string of the molecule is CSc1ccc2nc(C3CCNCC3)sc2c1. The highest BCUT2D eigenvalue weighted by atomic mass is 32.2. The topological polar surface area (TPSA) is 24.9 Å². The molecule has 3 rings (SSSR count). The van der Waals surface area contributed by atoms with E-state index >= 15 is 0 Å². The number of rotatable bonds is 2. The van der Waals surface area contributed by atoms with Crippen LogP contribution in [0.5, 0.6) is 0 Å². The van der Waals surface area contributed by atoms with Gasteiger partial charge in [0.05, 0.1) is 15.2 Å². The molecular formula is C13H16N2S2. The van der Waals surface area contributed by atoms with Crippen LogP contribution in [0.25, 0.3) is 10.2 Å². The van der Waals surface area contributed by atoms with Crippen LogP contribution in [-0.4, -0.2) is 24.3 Å². The highest BCUT2D eigenvalue weighted by Crippen LogP contribution is 2.33. The van der Waals surface area contributed by atoms with Crippen molar-refractivity contribution in [2.45, 2.75) is 23.7 Å². The Morgan fingerprint density at radius 2 is 2.18 bits per heavy atom. The van der Waals surface area contributed by atoms with Gasteiger partial charge in [0.1, 0.15) is 0 Å². The maximum Gasteiger partial charge on any atom is 0.0970 e. The largest absolute Gasteiger partial charge is 0.317 e. The van der Waals surface area contributed by atoms with E-state index in [1.165, 1.54) is 33.0 Å². The van der Waals surface area contributed by atoms with E-state index in [0.717, 1.165) is 13.1 Å². The second-order valence-corrected chi connectivity index (χ2v) is 6.35. The van der Waals surface area contributed by atoms with Crippen molar-refractivity contribution in [3.05, 3.63) is 23.2 Å². The molecule has 0 aliphatic carbocycles. The first-order chi connectivity index (χ1) is 8.36. The Bertz CT molecular complexity index is 515. The maximum absolute atomic E-state index is 4.79. The summed E-state index contributed by atoms with van der Waals surface area (Å²) in [6.45, 7) is 2.27. The molecule has 17 heavy (non-hydrogen) atoms. The first-order valence-electron chi connectivity index (χ1n) is 6.02. The zero-order valence-electron chi connectivity index (χ0n) is 9.90. The molecular weight excluding hydrogens is 248 g/mol. The molecule has 1 aliphatic rings. The molecule has 1 saturated heterocycles. The molecule has 4 heteroatoms. The molecule has 1 aliphatic heterocycles. The Morgan fingerprint density at radius 1 is 1.35 bits per heavy atom. The smallest absolute Gasteiger partial charge is 0.0970 e. The average Bonchev–Trinajstić information content (AvgIpc) is 2.82. The molecule has 1 aromatic heterocycles. The van der Waals surface area contributed by atoms with Crippen molar-refractivity contribution in [3.63, 3.8) is 0 Å². The summed E-state index contributed by atoms with van der Waals surface area (Å²) in [4.78, 5) is 6.12. The lowest BCUT2D eigenvalue weighted by molar-refractivity contribution is 0.459. The van der Waals surface area contributed by atoms with E-state index in [2.05, 4.69) is 29.8 Å². The van der Waals surface area contributed by atoms with Gasteiger partial charge in [-0.2, -0.15) is 0 Å². The molecule has 0 atom stereocenters. The molecule has 0 unspecified atom stereocenters. The number of piperidine rings is 1. The number of aromatic nitrogens is 1. The fraction of sp³-hybridized carbons (Fsp3) is 0.462. The molecule has 2 heterocycles. The fourth-order valence-corrected chi connectivity index (χ4v) is 3.98. The van der Waals surface area contributed by atoms with Crippen molar-refractivity contribution >= 4 is 33.3 Å². The van der Waals surface area contributed by atoms with E-state index in [1.54, 1.807) is 11.8 Å². The quantitative estimate of drug-likeness (QED) is 0.841. The Labute approximate surface area is 110 Å². The van der Waals surface area contributed by atoms with Crippen LogP contribution in [0.1, 0.15) is 23.8 Å². The summed E-state index contributed by atoms with van der Waals surface area (Å²) in [6, 6.07) is 6.59. The number of fused-ring (bicyclic) bond motifs is 1. The predicted octanol–water partition coefficient (Wildman–Crippen LogP) is 3.49. The predicted molar refractivity (Wildman–Crippen MR) is 76.2 cm³/mol. The number of hydrogen-bond acceptors (Lipinski definition) is 4. The summed E-state index contributed by atoms with van der Waals surface area (Å²) in [7, 11) is 0. The molecule has 0 bridgehead atoms. The Balaban J connectivity index is 1.95. The second kappa shape index (κ2) is 4.96. The van der Waals surface area contributed by atoms with E-state index in [4.69, 9.17) is 4.98 Å². The standard InChI is InChI=1S/C13H16N2S2/c1-16-10-2-3-11-12(8-10)17-13(15-11)9-4-6-14-7-5-9/h2-3,8-9,14H,4-7H2,1H3. The van der Waals surface area contributed by atoms with Gasteiger partial charge in [-0.25, -0.2) is 4.98 Å². The highest BCUT2D eigenvalue weighted by molar-refractivity contribution is 7.98. The molecule has 0 amide bonds. The number of nitrogens with zero attached hydrogens (tertiary/aromatic N) is 1. The Morgan fingerprint density at radius 3 is 2.94 bits per heavy atom. The summed E-state index contributed by atoms with van der Waals surface area (Å²) < 4.78 is 1.34. The Hall–Kier alpha value is -0.580. The average molecular weight is 264 g/mol. The third-order valence-corrected chi connectivity index (χ3v) is 5.21. The minimum absolute atomic E-state index is 0.673. The molecule has 1 fully saturated rings. The van der Waals surface area contributed by atoms with Gasteiger partial charge in [0.2, 0.25) is 0 Å². The van der Waals surface area contributed by atoms with Gasteiger partial charge in [0.15, 0.2) is 0 Å². The molecule has 90 valence electrons. The molecule has 0 radical (unpaired) electrons. The van der Waals surface area contributed by atoms with Gasteiger partial charge in [-0.1, -0.05) is 0 Å². The summed E-state index contributed by atoms with van der Waals surface area (Å²) in [5.41, 5.74) is 1.17. The van der Waals surface area contributed by atoms with E-state index < -0.39 is 0 Å². The third-order valence-electron chi connectivity index (χ3n) is 3.30. The van der Waals surface area contributed by atoms with Gasteiger partial charge in [0.25, 0.3) is 0 Å². The van der Waals surface area contributed by atoms with Gasteiger partial charge < -0.3 is 5.32 Å². The Kier molecular flexibility index (Phi) is 3.36. The third kappa shape index (κ3) is 2.34. The van der Waals surface area contributed by atoms with Crippen molar-refractivity contribution in [1.29, 1.82) is 0 Å². The van der Waals surface area contributed by atoms with E-state index in [1.807, 2.05) is 11.3 Å². The normalized spacial score (nSPS) is 17.7. The van der Waals surface area contributed by atoms with Crippen LogP contribution in [0.3, 0.4) is 0 Å². The lowest BCUT2D eigenvalue weighted by Crippen LogP contribution is -2.26. The minimum atomic E-state index is 0.673.